The van der Waals surface area contributed by atoms with Gasteiger partial charge < -0.3 is 15.5 Å². The summed E-state index contributed by atoms with van der Waals surface area (Å²) in [4.78, 5) is 12.4. The molecule has 122 valence electrons. The lowest BCUT2D eigenvalue weighted by atomic mass is 9.96. The van der Waals surface area contributed by atoms with Crippen molar-refractivity contribution < 1.29 is 15.0 Å². The van der Waals surface area contributed by atoms with Crippen molar-refractivity contribution >= 4 is 16.7 Å². The molecule has 1 atom stereocenters. The number of amides is 1. The Bertz CT molecular complexity index is 853. The average Bonchev–Trinajstić information content (AvgIpc) is 2.65. The largest absolute Gasteiger partial charge is 0.394 e. The fourth-order valence-electron chi connectivity index (χ4n) is 2.58. The highest BCUT2D eigenvalue weighted by molar-refractivity contribution is 6.10. The summed E-state index contributed by atoms with van der Waals surface area (Å²) in [5, 5.41) is 30.3. The van der Waals surface area contributed by atoms with Gasteiger partial charge in [0.2, 0.25) is 0 Å². The molecule has 0 aliphatic heterocycles. The van der Waals surface area contributed by atoms with Crippen LogP contribution >= 0.6 is 0 Å². The lowest BCUT2D eigenvalue weighted by Crippen LogP contribution is -2.33. The van der Waals surface area contributed by atoms with Crippen LogP contribution in [0.3, 0.4) is 0 Å². The first-order valence-electron chi connectivity index (χ1n) is 7.56. The second kappa shape index (κ2) is 7.16. The van der Waals surface area contributed by atoms with Crippen LogP contribution in [-0.2, 0) is 0 Å². The highest BCUT2D eigenvalue weighted by atomic mass is 16.3. The van der Waals surface area contributed by atoms with E-state index in [1.807, 2.05) is 36.4 Å². The Morgan fingerprint density at radius 1 is 1.08 bits per heavy atom. The molecule has 0 aliphatic carbocycles. The molecule has 24 heavy (non-hydrogen) atoms. The van der Waals surface area contributed by atoms with Crippen molar-refractivity contribution in [3.8, 4) is 11.1 Å². The molecular formula is C18H17N3O3. The first-order chi connectivity index (χ1) is 11.7. The summed E-state index contributed by atoms with van der Waals surface area (Å²) in [5.41, 5.74) is 2.40. The van der Waals surface area contributed by atoms with Gasteiger partial charge in [-0.15, -0.1) is 0 Å². The minimum Gasteiger partial charge on any atom is -0.394 e. The number of carbonyl (C=O) groups is 1. The molecule has 0 saturated carbocycles. The smallest absolute Gasteiger partial charge is 0.252 e. The van der Waals surface area contributed by atoms with E-state index in [2.05, 4.69) is 15.5 Å². The van der Waals surface area contributed by atoms with Crippen LogP contribution in [0.2, 0.25) is 0 Å². The molecule has 0 bridgehead atoms. The Balaban J connectivity index is 2.01. The third kappa shape index (κ3) is 3.24. The normalized spacial score (nSPS) is 12.1. The summed E-state index contributed by atoms with van der Waals surface area (Å²) in [7, 11) is 0. The minimum atomic E-state index is -0.970. The molecule has 0 unspecified atom stereocenters. The van der Waals surface area contributed by atoms with Crippen LogP contribution in [0.25, 0.3) is 21.9 Å². The Morgan fingerprint density at radius 3 is 2.62 bits per heavy atom. The van der Waals surface area contributed by atoms with E-state index in [1.165, 1.54) is 0 Å². The van der Waals surface area contributed by atoms with Gasteiger partial charge in [-0.2, -0.15) is 10.2 Å². The second-order valence-corrected chi connectivity index (χ2v) is 5.38. The third-order valence-corrected chi connectivity index (χ3v) is 3.77. The molecule has 1 heterocycles. The van der Waals surface area contributed by atoms with Crippen LogP contribution in [-0.4, -0.2) is 45.6 Å². The molecule has 1 aromatic heterocycles. The Hall–Kier alpha value is -2.83. The molecule has 6 heteroatoms. The SMILES string of the molecule is O=C(NC[C@@H](O)CO)c1cccc2c(-c3ccnnc3)cccc12. The molecule has 0 radical (unpaired) electrons. The molecule has 0 spiro atoms. The summed E-state index contributed by atoms with van der Waals surface area (Å²) >= 11 is 0. The van der Waals surface area contributed by atoms with E-state index in [4.69, 9.17) is 5.11 Å². The zero-order chi connectivity index (χ0) is 16.9. The molecule has 1 amide bonds. The van der Waals surface area contributed by atoms with Crippen LogP contribution < -0.4 is 5.32 Å². The summed E-state index contributed by atoms with van der Waals surface area (Å²) < 4.78 is 0. The number of rotatable bonds is 5. The predicted molar refractivity (Wildman–Crippen MR) is 90.4 cm³/mol. The first kappa shape index (κ1) is 16.0. The standard InChI is InChI=1S/C18H17N3O3/c22-11-13(23)10-19-18(24)17-6-2-4-15-14(3-1-5-16(15)17)12-7-8-20-21-9-12/h1-9,13,22-23H,10-11H2,(H,19,24)/t13-/m1/s1. The lowest BCUT2D eigenvalue weighted by molar-refractivity contribution is 0.0803. The van der Waals surface area contributed by atoms with E-state index in [0.29, 0.717) is 5.56 Å². The number of aliphatic hydroxyl groups excluding tert-OH is 2. The van der Waals surface area contributed by atoms with Crippen molar-refractivity contribution in [3.05, 3.63) is 60.4 Å². The van der Waals surface area contributed by atoms with Crippen LogP contribution in [0.15, 0.2) is 54.9 Å². The molecule has 3 aromatic rings. The molecule has 3 rings (SSSR count). The number of nitrogens with one attached hydrogen (secondary N) is 1. The monoisotopic (exact) mass is 323 g/mol. The molecule has 0 fully saturated rings. The van der Waals surface area contributed by atoms with Gasteiger partial charge >= 0.3 is 0 Å². The van der Waals surface area contributed by atoms with Crippen molar-refractivity contribution in [1.29, 1.82) is 0 Å². The summed E-state index contributed by atoms with van der Waals surface area (Å²) in [5.74, 6) is -0.293. The van der Waals surface area contributed by atoms with Gasteiger partial charge in [-0.25, -0.2) is 0 Å². The molecule has 6 nitrogen and oxygen atoms in total. The predicted octanol–water partition coefficient (Wildman–Crippen LogP) is 1.38. The molecule has 2 aromatic carbocycles. The number of carbonyl (C=O) groups excluding carboxylic acids is 1. The third-order valence-electron chi connectivity index (χ3n) is 3.77. The van der Waals surface area contributed by atoms with Gasteiger partial charge in [0, 0.05) is 17.7 Å². The van der Waals surface area contributed by atoms with Gasteiger partial charge in [-0.1, -0.05) is 30.3 Å². The van der Waals surface area contributed by atoms with Gasteiger partial charge in [0.1, 0.15) is 0 Å². The van der Waals surface area contributed by atoms with Crippen LogP contribution in [0, 0.1) is 0 Å². The van der Waals surface area contributed by atoms with Gasteiger partial charge in [0.25, 0.3) is 5.91 Å². The fourth-order valence-corrected chi connectivity index (χ4v) is 2.58. The van der Waals surface area contributed by atoms with E-state index in [1.54, 1.807) is 18.5 Å². The summed E-state index contributed by atoms with van der Waals surface area (Å²) in [6.07, 6.45) is 2.34. The highest BCUT2D eigenvalue weighted by Crippen LogP contribution is 2.29. The minimum absolute atomic E-state index is 0.000311. The van der Waals surface area contributed by atoms with Crippen molar-refractivity contribution in [2.75, 3.05) is 13.2 Å². The van der Waals surface area contributed by atoms with Crippen molar-refractivity contribution in [1.82, 2.24) is 15.5 Å². The number of aliphatic hydroxyl groups is 2. The summed E-state index contributed by atoms with van der Waals surface area (Å²) in [6, 6.07) is 13.1. The Kier molecular flexibility index (Phi) is 4.79. The van der Waals surface area contributed by atoms with E-state index in [9.17, 15) is 9.90 Å². The Morgan fingerprint density at radius 2 is 1.88 bits per heavy atom. The number of aromatic nitrogens is 2. The van der Waals surface area contributed by atoms with E-state index in [-0.39, 0.29) is 12.5 Å². The lowest BCUT2D eigenvalue weighted by Gasteiger charge is -2.12. The van der Waals surface area contributed by atoms with Gasteiger partial charge in [-0.05, 0) is 28.5 Å². The van der Waals surface area contributed by atoms with Gasteiger partial charge in [0.05, 0.1) is 25.1 Å². The fraction of sp³-hybridized carbons (Fsp3) is 0.167. The summed E-state index contributed by atoms with van der Waals surface area (Å²) in [6.45, 7) is -0.394. The zero-order valence-corrected chi connectivity index (χ0v) is 12.9. The van der Waals surface area contributed by atoms with Gasteiger partial charge in [-0.3, -0.25) is 4.79 Å². The van der Waals surface area contributed by atoms with Gasteiger partial charge in [0.15, 0.2) is 0 Å². The van der Waals surface area contributed by atoms with Crippen LogP contribution in [0.1, 0.15) is 10.4 Å². The molecule has 0 saturated heterocycles. The maximum atomic E-state index is 12.4. The maximum Gasteiger partial charge on any atom is 0.252 e. The van der Waals surface area contributed by atoms with Crippen LogP contribution in [0.4, 0.5) is 0 Å². The van der Waals surface area contributed by atoms with Crippen LogP contribution in [0.5, 0.6) is 0 Å². The number of benzene rings is 2. The van der Waals surface area contributed by atoms with Crippen molar-refractivity contribution in [2.45, 2.75) is 6.10 Å². The topological polar surface area (TPSA) is 95.3 Å². The molecule has 0 aliphatic rings. The van der Waals surface area contributed by atoms with E-state index in [0.717, 1.165) is 21.9 Å². The number of hydrogen-bond acceptors (Lipinski definition) is 5. The Labute approximate surface area is 138 Å². The number of hydrogen-bond donors (Lipinski definition) is 3. The first-order valence-corrected chi connectivity index (χ1v) is 7.56. The second-order valence-electron chi connectivity index (χ2n) is 5.38. The molecular weight excluding hydrogens is 306 g/mol. The number of fused-ring (bicyclic) bond motifs is 1. The quantitative estimate of drug-likeness (QED) is 0.659. The van der Waals surface area contributed by atoms with E-state index >= 15 is 0 Å². The van der Waals surface area contributed by atoms with Crippen molar-refractivity contribution in [3.63, 3.8) is 0 Å². The number of nitrogens with zero attached hydrogens (tertiary/aromatic N) is 2. The highest BCUT2D eigenvalue weighted by Gasteiger charge is 2.13. The van der Waals surface area contributed by atoms with E-state index < -0.39 is 12.7 Å². The van der Waals surface area contributed by atoms with Crippen molar-refractivity contribution in [2.24, 2.45) is 0 Å². The molecule has 3 N–H and O–H groups in total. The zero-order valence-electron chi connectivity index (χ0n) is 12.9. The average molecular weight is 323 g/mol. The maximum absolute atomic E-state index is 12.4.